The molecule has 0 aliphatic rings. The van der Waals surface area contributed by atoms with E-state index in [0.717, 1.165) is 28.1 Å². The summed E-state index contributed by atoms with van der Waals surface area (Å²) in [6.45, 7) is 5.44. The molecule has 1 aromatic heterocycles. The van der Waals surface area contributed by atoms with Crippen LogP contribution in [0.25, 0.3) is 10.2 Å². The molecule has 1 amide bonds. The highest BCUT2D eigenvalue weighted by Crippen LogP contribution is 2.33. The summed E-state index contributed by atoms with van der Waals surface area (Å²) < 4.78 is 0.998. The zero-order valence-corrected chi connectivity index (χ0v) is 20.1. The Balaban J connectivity index is 0.00000300. The van der Waals surface area contributed by atoms with E-state index in [4.69, 9.17) is 16.6 Å². The van der Waals surface area contributed by atoms with Crippen LogP contribution in [0.15, 0.2) is 41.3 Å². The number of thioether (sulfide) groups is 1. The Kier molecular flexibility index (Phi) is 8.79. The molecule has 0 aliphatic carbocycles. The van der Waals surface area contributed by atoms with Crippen molar-refractivity contribution in [3.63, 3.8) is 0 Å². The van der Waals surface area contributed by atoms with Gasteiger partial charge < -0.3 is 4.90 Å². The molecule has 3 rings (SSSR count). The quantitative estimate of drug-likeness (QED) is 0.397. The van der Waals surface area contributed by atoms with Gasteiger partial charge in [0.15, 0.2) is 5.13 Å². The number of aryl methyl sites for hydroxylation is 1. The van der Waals surface area contributed by atoms with Crippen LogP contribution in [-0.2, 0) is 0 Å². The fourth-order valence-electron chi connectivity index (χ4n) is 2.86. The van der Waals surface area contributed by atoms with Crippen molar-refractivity contribution in [2.45, 2.75) is 18.7 Å². The van der Waals surface area contributed by atoms with Gasteiger partial charge in [-0.25, -0.2) is 4.98 Å². The summed E-state index contributed by atoms with van der Waals surface area (Å²) in [6.07, 6.45) is 0. The molecule has 0 fully saturated rings. The average Bonchev–Trinajstić information content (AvgIpc) is 3.06. The largest absolute Gasteiger partial charge is 0.308 e. The van der Waals surface area contributed by atoms with Gasteiger partial charge in [0.2, 0.25) is 0 Å². The third-order valence-electron chi connectivity index (χ3n) is 4.30. The number of carbonyl (C=O) groups is 1. The molecule has 29 heavy (non-hydrogen) atoms. The maximum atomic E-state index is 13.3. The molecular formula is C21H25Cl2N3OS2. The Labute approximate surface area is 191 Å². The summed E-state index contributed by atoms with van der Waals surface area (Å²) >= 11 is 9.48. The number of fused-ring (bicyclic) bond motifs is 1. The van der Waals surface area contributed by atoms with Crippen molar-refractivity contribution in [3.05, 3.63) is 52.5 Å². The molecule has 0 radical (unpaired) electrons. The molecule has 3 aromatic rings. The fourth-order valence-corrected chi connectivity index (χ4v) is 4.96. The van der Waals surface area contributed by atoms with Gasteiger partial charge in [-0.05, 0) is 68.7 Å². The van der Waals surface area contributed by atoms with E-state index in [0.29, 0.717) is 22.3 Å². The van der Waals surface area contributed by atoms with Gasteiger partial charge >= 0.3 is 0 Å². The summed E-state index contributed by atoms with van der Waals surface area (Å²) in [5.74, 6) is 0.980. The predicted molar refractivity (Wildman–Crippen MR) is 130 cm³/mol. The molecule has 0 N–H and O–H groups in total. The molecule has 1 heterocycles. The van der Waals surface area contributed by atoms with Crippen molar-refractivity contribution in [2.75, 3.05) is 37.8 Å². The Hall–Kier alpha value is -1.31. The van der Waals surface area contributed by atoms with E-state index in [1.54, 1.807) is 16.7 Å². The number of hydrogen-bond acceptors (Lipinski definition) is 5. The molecule has 156 valence electrons. The SMILES string of the molecule is CCSc1ccc(C(=O)N(CCN(C)C)c2nc3c(C)cc(Cl)cc3s2)cc1.Cl. The van der Waals surface area contributed by atoms with Crippen molar-refractivity contribution < 1.29 is 4.79 Å². The van der Waals surface area contributed by atoms with Crippen LogP contribution in [0.4, 0.5) is 5.13 Å². The van der Waals surface area contributed by atoms with Crippen molar-refractivity contribution in [1.29, 1.82) is 0 Å². The van der Waals surface area contributed by atoms with E-state index in [1.165, 1.54) is 16.2 Å². The standard InChI is InChI=1S/C21H24ClN3OS2.ClH/c1-5-27-17-8-6-15(7-9-17)20(26)25(11-10-24(3)4)21-23-19-14(2)12-16(22)13-18(19)28-21;/h6-9,12-13H,5,10-11H2,1-4H3;1H. The first-order chi connectivity index (χ1) is 13.4. The van der Waals surface area contributed by atoms with Crippen molar-refractivity contribution in [1.82, 2.24) is 9.88 Å². The Morgan fingerprint density at radius 3 is 2.48 bits per heavy atom. The molecule has 0 bridgehead atoms. The highest BCUT2D eigenvalue weighted by Gasteiger charge is 2.22. The molecule has 8 heteroatoms. The van der Waals surface area contributed by atoms with Crippen LogP contribution in [0, 0.1) is 6.92 Å². The number of likely N-dealkylation sites (N-methyl/N-ethyl adjacent to an activating group) is 1. The Bertz CT molecular complexity index is 974. The molecule has 0 saturated heterocycles. The molecular weight excluding hydrogens is 445 g/mol. The maximum absolute atomic E-state index is 13.3. The molecule has 0 aliphatic heterocycles. The van der Waals surface area contributed by atoms with E-state index in [2.05, 4.69) is 11.8 Å². The number of amides is 1. The lowest BCUT2D eigenvalue weighted by atomic mass is 10.2. The van der Waals surface area contributed by atoms with Crippen molar-refractivity contribution in [3.8, 4) is 0 Å². The monoisotopic (exact) mass is 469 g/mol. The van der Waals surface area contributed by atoms with Gasteiger partial charge in [-0.2, -0.15) is 0 Å². The van der Waals surface area contributed by atoms with Gasteiger partial charge in [-0.1, -0.05) is 29.9 Å². The third-order valence-corrected chi connectivity index (χ3v) is 6.44. The number of aromatic nitrogens is 1. The number of anilines is 1. The zero-order valence-electron chi connectivity index (χ0n) is 16.9. The van der Waals surface area contributed by atoms with Gasteiger partial charge in [0.05, 0.1) is 10.2 Å². The summed E-state index contributed by atoms with van der Waals surface area (Å²) in [5, 5.41) is 1.40. The van der Waals surface area contributed by atoms with E-state index in [1.807, 2.05) is 57.4 Å². The minimum absolute atomic E-state index is 0. The van der Waals surface area contributed by atoms with Crippen LogP contribution < -0.4 is 4.90 Å². The maximum Gasteiger partial charge on any atom is 0.260 e. The molecule has 0 spiro atoms. The summed E-state index contributed by atoms with van der Waals surface area (Å²) in [7, 11) is 4.00. The second kappa shape index (κ2) is 10.6. The lowest BCUT2D eigenvalue weighted by Crippen LogP contribution is -2.36. The minimum Gasteiger partial charge on any atom is -0.308 e. The first kappa shape index (κ1) is 24.0. The minimum atomic E-state index is -0.0299. The van der Waals surface area contributed by atoms with Crippen molar-refractivity contribution in [2.24, 2.45) is 0 Å². The van der Waals surface area contributed by atoms with Gasteiger partial charge in [0.25, 0.3) is 5.91 Å². The van der Waals surface area contributed by atoms with E-state index in [-0.39, 0.29) is 18.3 Å². The number of hydrogen-bond donors (Lipinski definition) is 0. The Morgan fingerprint density at radius 1 is 1.17 bits per heavy atom. The molecule has 0 saturated carbocycles. The van der Waals surface area contributed by atoms with Gasteiger partial charge in [0.1, 0.15) is 0 Å². The summed E-state index contributed by atoms with van der Waals surface area (Å²) in [6, 6.07) is 11.6. The number of halogens is 2. The second-order valence-electron chi connectivity index (χ2n) is 6.78. The molecule has 2 aromatic carbocycles. The average molecular weight is 470 g/mol. The van der Waals surface area contributed by atoms with E-state index >= 15 is 0 Å². The smallest absolute Gasteiger partial charge is 0.260 e. The van der Waals surface area contributed by atoms with Crippen LogP contribution in [0.5, 0.6) is 0 Å². The first-order valence-electron chi connectivity index (χ1n) is 9.15. The molecule has 0 atom stereocenters. The highest BCUT2D eigenvalue weighted by atomic mass is 35.5. The third kappa shape index (κ3) is 5.86. The van der Waals surface area contributed by atoms with E-state index in [9.17, 15) is 4.79 Å². The van der Waals surface area contributed by atoms with Crippen molar-refractivity contribution >= 4 is 68.4 Å². The number of nitrogens with zero attached hydrogens (tertiary/aromatic N) is 3. The molecule has 0 unspecified atom stereocenters. The Morgan fingerprint density at radius 2 is 1.86 bits per heavy atom. The lowest BCUT2D eigenvalue weighted by molar-refractivity contribution is 0.0985. The normalized spacial score (nSPS) is 11.0. The van der Waals surface area contributed by atoms with Crippen LogP contribution in [0.2, 0.25) is 5.02 Å². The number of benzene rings is 2. The highest BCUT2D eigenvalue weighted by molar-refractivity contribution is 7.99. The number of rotatable bonds is 7. The molecule has 4 nitrogen and oxygen atoms in total. The van der Waals surface area contributed by atoms with Gasteiger partial charge in [-0.3, -0.25) is 9.69 Å². The van der Waals surface area contributed by atoms with Crippen LogP contribution >= 0.6 is 47.1 Å². The van der Waals surface area contributed by atoms with E-state index < -0.39 is 0 Å². The topological polar surface area (TPSA) is 36.4 Å². The predicted octanol–water partition coefficient (Wildman–Crippen LogP) is 6.00. The van der Waals surface area contributed by atoms with Crippen LogP contribution in [-0.4, -0.2) is 48.7 Å². The lowest BCUT2D eigenvalue weighted by Gasteiger charge is -2.22. The number of thiazole rings is 1. The summed E-state index contributed by atoms with van der Waals surface area (Å²) in [5.41, 5.74) is 2.60. The van der Waals surface area contributed by atoms with Gasteiger partial charge in [0, 0.05) is 28.6 Å². The first-order valence-corrected chi connectivity index (χ1v) is 11.3. The fraction of sp³-hybridized carbons (Fsp3) is 0.333. The van der Waals surface area contributed by atoms with Gasteiger partial charge in [-0.15, -0.1) is 24.2 Å². The zero-order chi connectivity index (χ0) is 20.3. The van der Waals surface area contributed by atoms with Crippen LogP contribution in [0.1, 0.15) is 22.8 Å². The second-order valence-corrected chi connectivity index (χ2v) is 9.57. The number of carbonyl (C=O) groups excluding carboxylic acids is 1. The summed E-state index contributed by atoms with van der Waals surface area (Å²) in [4.78, 5) is 23.1. The van der Waals surface area contributed by atoms with Crippen LogP contribution in [0.3, 0.4) is 0 Å².